The number of carbonyl (C=O) groups excluding carboxylic acids is 1. The third-order valence-electron chi connectivity index (χ3n) is 3.09. The predicted octanol–water partition coefficient (Wildman–Crippen LogP) is 1.85. The number of anilines is 1. The highest BCUT2D eigenvalue weighted by Gasteiger charge is 2.25. The van der Waals surface area contributed by atoms with Crippen LogP contribution in [0.2, 0.25) is 0 Å². The fourth-order valence-electron chi connectivity index (χ4n) is 2.16. The zero-order chi connectivity index (χ0) is 13.1. The Bertz CT molecular complexity index is 450. The molecule has 18 heavy (non-hydrogen) atoms. The van der Waals surface area contributed by atoms with Crippen molar-refractivity contribution in [2.45, 2.75) is 13.0 Å². The second kappa shape index (κ2) is 5.82. The van der Waals surface area contributed by atoms with Crippen LogP contribution in [0.3, 0.4) is 0 Å². The van der Waals surface area contributed by atoms with Gasteiger partial charge in [0, 0.05) is 22.3 Å². The standard InChI is InChI=1S/C13H16BrNO3/c1-9(17)12-6-10(14)2-3-13(12)15-4-5-18-8-11(15)7-16/h2-3,6,11,16H,4-5,7-8H2,1H3. The number of carbonyl (C=O) groups is 1. The first kappa shape index (κ1) is 13.5. The summed E-state index contributed by atoms with van der Waals surface area (Å²) in [6, 6.07) is 5.56. The largest absolute Gasteiger partial charge is 0.394 e. The lowest BCUT2D eigenvalue weighted by Crippen LogP contribution is -2.48. The maximum absolute atomic E-state index is 11.7. The van der Waals surface area contributed by atoms with Gasteiger partial charge in [-0.25, -0.2) is 0 Å². The van der Waals surface area contributed by atoms with Crippen LogP contribution in [0.5, 0.6) is 0 Å². The molecule has 4 nitrogen and oxygen atoms in total. The summed E-state index contributed by atoms with van der Waals surface area (Å²) in [6.45, 7) is 3.37. The molecule has 1 heterocycles. The van der Waals surface area contributed by atoms with Crippen LogP contribution in [0.25, 0.3) is 0 Å². The van der Waals surface area contributed by atoms with E-state index in [9.17, 15) is 9.90 Å². The minimum Gasteiger partial charge on any atom is -0.394 e. The number of aliphatic hydroxyl groups excluding tert-OH is 1. The number of benzene rings is 1. The van der Waals surface area contributed by atoms with E-state index in [1.165, 1.54) is 0 Å². The van der Waals surface area contributed by atoms with E-state index in [0.717, 1.165) is 10.2 Å². The summed E-state index contributed by atoms with van der Waals surface area (Å²) in [5.41, 5.74) is 1.54. The number of ether oxygens (including phenoxy) is 1. The predicted molar refractivity (Wildman–Crippen MR) is 73.2 cm³/mol. The fraction of sp³-hybridized carbons (Fsp3) is 0.462. The third-order valence-corrected chi connectivity index (χ3v) is 3.58. The Kier molecular flexibility index (Phi) is 4.37. The van der Waals surface area contributed by atoms with Crippen LogP contribution >= 0.6 is 15.9 Å². The monoisotopic (exact) mass is 313 g/mol. The van der Waals surface area contributed by atoms with Crippen LogP contribution in [0, 0.1) is 0 Å². The van der Waals surface area contributed by atoms with Gasteiger partial charge < -0.3 is 14.7 Å². The molecular weight excluding hydrogens is 298 g/mol. The van der Waals surface area contributed by atoms with Gasteiger partial charge in [0.05, 0.1) is 25.9 Å². The first-order chi connectivity index (χ1) is 8.63. The fourth-order valence-corrected chi connectivity index (χ4v) is 2.53. The van der Waals surface area contributed by atoms with Gasteiger partial charge in [0.2, 0.25) is 0 Å². The average molecular weight is 314 g/mol. The molecule has 0 aromatic heterocycles. The minimum absolute atomic E-state index is 0.0212. The van der Waals surface area contributed by atoms with Gasteiger partial charge >= 0.3 is 0 Å². The number of halogens is 1. The number of aliphatic hydroxyl groups is 1. The molecule has 1 aliphatic rings. The SMILES string of the molecule is CC(=O)c1cc(Br)ccc1N1CCOCC1CO. The number of morpholine rings is 1. The lowest BCUT2D eigenvalue weighted by atomic mass is 10.1. The van der Waals surface area contributed by atoms with Gasteiger partial charge in [0.25, 0.3) is 0 Å². The summed E-state index contributed by atoms with van der Waals surface area (Å²) < 4.78 is 6.23. The second-order valence-corrected chi connectivity index (χ2v) is 5.24. The number of hydrogen-bond acceptors (Lipinski definition) is 4. The van der Waals surface area contributed by atoms with E-state index in [1.807, 2.05) is 23.1 Å². The van der Waals surface area contributed by atoms with E-state index in [2.05, 4.69) is 15.9 Å². The van der Waals surface area contributed by atoms with Crippen LogP contribution in [0.4, 0.5) is 5.69 Å². The highest BCUT2D eigenvalue weighted by Crippen LogP contribution is 2.27. The first-order valence-electron chi connectivity index (χ1n) is 5.89. The smallest absolute Gasteiger partial charge is 0.161 e. The highest BCUT2D eigenvalue weighted by atomic mass is 79.9. The van der Waals surface area contributed by atoms with Crippen molar-refractivity contribution in [2.75, 3.05) is 31.3 Å². The maximum Gasteiger partial charge on any atom is 0.161 e. The lowest BCUT2D eigenvalue weighted by Gasteiger charge is -2.37. The summed E-state index contributed by atoms with van der Waals surface area (Å²) in [7, 11) is 0. The highest BCUT2D eigenvalue weighted by molar-refractivity contribution is 9.10. The molecule has 5 heteroatoms. The van der Waals surface area contributed by atoms with Gasteiger partial charge in [-0.2, -0.15) is 0 Å². The molecule has 1 atom stereocenters. The van der Waals surface area contributed by atoms with Crippen molar-refractivity contribution in [3.63, 3.8) is 0 Å². The summed E-state index contributed by atoms with van der Waals surface area (Å²) >= 11 is 3.38. The maximum atomic E-state index is 11.7. The number of hydrogen-bond donors (Lipinski definition) is 1. The van der Waals surface area contributed by atoms with Crippen LogP contribution in [0.15, 0.2) is 22.7 Å². The van der Waals surface area contributed by atoms with Crippen molar-refractivity contribution in [1.29, 1.82) is 0 Å². The van der Waals surface area contributed by atoms with Crippen molar-refractivity contribution in [2.24, 2.45) is 0 Å². The molecule has 0 amide bonds. The molecule has 1 saturated heterocycles. The Morgan fingerprint density at radius 3 is 3.06 bits per heavy atom. The van der Waals surface area contributed by atoms with E-state index >= 15 is 0 Å². The van der Waals surface area contributed by atoms with E-state index in [0.29, 0.717) is 25.3 Å². The molecule has 1 aliphatic heterocycles. The summed E-state index contributed by atoms with van der Waals surface area (Å²) in [6.07, 6.45) is 0. The molecule has 1 unspecified atom stereocenters. The topological polar surface area (TPSA) is 49.8 Å². The van der Waals surface area contributed by atoms with Gasteiger partial charge in [-0.05, 0) is 25.1 Å². The normalized spacial score (nSPS) is 19.9. The molecule has 0 radical (unpaired) electrons. The summed E-state index contributed by atoms with van der Waals surface area (Å²) in [5.74, 6) is 0.0227. The molecule has 98 valence electrons. The van der Waals surface area contributed by atoms with Crippen LogP contribution in [-0.4, -0.2) is 43.3 Å². The molecule has 1 fully saturated rings. The molecule has 2 rings (SSSR count). The molecule has 1 aromatic carbocycles. The number of nitrogens with zero attached hydrogens (tertiary/aromatic N) is 1. The van der Waals surface area contributed by atoms with E-state index in [1.54, 1.807) is 6.92 Å². The summed E-state index contributed by atoms with van der Waals surface area (Å²) in [5, 5.41) is 9.39. The number of Topliss-reactive ketones (excluding diaryl/α,β-unsaturated/α-hetero) is 1. The van der Waals surface area contributed by atoms with Gasteiger partial charge in [-0.3, -0.25) is 4.79 Å². The molecule has 0 aliphatic carbocycles. The van der Waals surface area contributed by atoms with Crippen molar-refractivity contribution >= 4 is 27.4 Å². The van der Waals surface area contributed by atoms with Gasteiger partial charge in [0.1, 0.15) is 0 Å². The minimum atomic E-state index is -0.0852. The van der Waals surface area contributed by atoms with Crippen molar-refractivity contribution in [3.05, 3.63) is 28.2 Å². The van der Waals surface area contributed by atoms with Crippen LogP contribution in [0.1, 0.15) is 17.3 Å². The molecule has 0 bridgehead atoms. The Labute approximate surface area is 115 Å². The van der Waals surface area contributed by atoms with Crippen molar-refractivity contribution in [1.82, 2.24) is 0 Å². The Morgan fingerprint density at radius 2 is 2.39 bits per heavy atom. The molecule has 1 N–H and O–H groups in total. The quantitative estimate of drug-likeness (QED) is 0.865. The van der Waals surface area contributed by atoms with E-state index < -0.39 is 0 Å². The van der Waals surface area contributed by atoms with Gasteiger partial charge in [0.15, 0.2) is 5.78 Å². The zero-order valence-corrected chi connectivity index (χ0v) is 11.8. The lowest BCUT2D eigenvalue weighted by molar-refractivity contribution is 0.0724. The van der Waals surface area contributed by atoms with E-state index in [4.69, 9.17) is 4.74 Å². The molecule has 0 saturated carbocycles. The molecule has 0 spiro atoms. The average Bonchev–Trinajstić information content (AvgIpc) is 2.38. The zero-order valence-electron chi connectivity index (χ0n) is 10.2. The second-order valence-electron chi connectivity index (χ2n) is 4.32. The Hall–Kier alpha value is -0.910. The van der Waals surface area contributed by atoms with Crippen LogP contribution < -0.4 is 4.90 Å². The number of ketones is 1. The van der Waals surface area contributed by atoms with Gasteiger partial charge in [-0.15, -0.1) is 0 Å². The Morgan fingerprint density at radius 1 is 1.61 bits per heavy atom. The van der Waals surface area contributed by atoms with Crippen LogP contribution in [-0.2, 0) is 4.74 Å². The van der Waals surface area contributed by atoms with Crippen molar-refractivity contribution in [3.8, 4) is 0 Å². The molecular formula is C13H16BrNO3. The first-order valence-corrected chi connectivity index (χ1v) is 6.68. The number of rotatable bonds is 3. The third kappa shape index (κ3) is 2.74. The van der Waals surface area contributed by atoms with E-state index in [-0.39, 0.29) is 18.4 Å². The Balaban J connectivity index is 2.39. The summed E-state index contributed by atoms with van der Waals surface area (Å²) in [4.78, 5) is 13.8. The molecule has 1 aromatic rings. The van der Waals surface area contributed by atoms with Crippen molar-refractivity contribution < 1.29 is 14.6 Å². The van der Waals surface area contributed by atoms with Gasteiger partial charge in [-0.1, -0.05) is 15.9 Å².